The lowest BCUT2D eigenvalue weighted by molar-refractivity contribution is -0.0102. The van der Waals surface area contributed by atoms with Crippen molar-refractivity contribution in [3.8, 4) is 22.8 Å². The van der Waals surface area contributed by atoms with E-state index < -0.39 is 0 Å². The first-order chi connectivity index (χ1) is 22.0. The van der Waals surface area contributed by atoms with E-state index in [1.54, 1.807) is 24.3 Å². The third-order valence-electron chi connectivity index (χ3n) is 6.04. The molecule has 0 aliphatic heterocycles. The molecule has 1 aromatic heterocycles. The van der Waals surface area contributed by atoms with E-state index in [-0.39, 0.29) is 46.2 Å². The average molecular weight is 627 g/mol. The van der Waals surface area contributed by atoms with Crippen LogP contribution >= 0.6 is 0 Å². The van der Waals surface area contributed by atoms with Crippen LogP contribution in [0.1, 0.15) is 10.4 Å². The van der Waals surface area contributed by atoms with Gasteiger partial charge in [-0.1, -0.05) is 29.9 Å². The summed E-state index contributed by atoms with van der Waals surface area (Å²) in [5.74, 6) is -0.132. The molecule has 3 rings (SSSR count). The van der Waals surface area contributed by atoms with E-state index in [2.05, 4.69) is 21.9 Å². The third kappa shape index (κ3) is 12.2. The standard InChI is InChI=1S/C31H38N4O10/c1-2-11-44-27-8-7-25-26(36)22-28(45-30(25)29(27)37)23-3-5-24(6-4-23)31(38)33-9-12-39-14-16-41-18-20-43-21-19-42-17-15-40-13-10-34-35-32/h2-8,22,37H,1,9-21H2,(H,33,38). The Bertz CT molecular complexity index is 1460. The molecule has 2 aromatic carbocycles. The zero-order valence-electron chi connectivity index (χ0n) is 25.0. The normalized spacial score (nSPS) is 10.8. The Morgan fingerprint density at radius 3 is 2.11 bits per heavy atom. The summed E-state index contributed by atoms with van der Waals surface area (Å²) in [4.78, 5) is 27.8. The lowest BCUT2D eigenvalue weighted by Crippen LogP contribution is -2.27. The lowest BCUT2D eigenvalue weighted by atomic mass is 10.1. The lowest BCUT2D eigenvalue weighted by Gasteiger charge is -2.10. The highest BCUT2D eigenvalue weighted by atomic mass is 16.6. The van der Waals surface area contributed by atoms with Gasteiger partial charge in [0.05, 0.1) is 71.5 Å². The second-order valence-corrected chi connectivity index (χ2v) is 9.21. The molecule has 0 spiro atoms. The van der Waals surface area contributed by atoms with Gasteiger partial charge in [0.25, 0.3) is 5.91 Å². The maximum absolute atomic E-state index is 12.6. The van der Waals surface area contributed by atoms with Crippen LogP contribution in [0.4, 0.5) is 0 Å². The van der Waals surface area contributed by atoms with Crippen molar-refractivity contribution in [3.05, 3.63) is 81.3 Å². The van der Waals surface area contributed by atoms with Gasteiger partial charge < -0.3 is 43.3 Å². The van der Waals surface area contributed by atoms with Gasteiger partial charge in [-0.3, -0.25) is 9.59 Å². The van der Waals surface area contributed by atoms with Gasteiger partial charge in [0.2, 0.25) is 5.75 Å². The summed E-state index contributed by atoms with van der Waals surface area (Å²) < 4.78 is 38.2. The minimum atomic E-state index is -0.321. The maximum atomic E-state index is 12.6. The molecular weight excluding hydrogens is 588 g/mol. The van der Waals surface area contributed by atoms with Crippen LogP contribution in [0.25, 0.3) is 32.7 Å². The third-order valence-corrected chi connectivity index (χ3v) is 6.04. The Kier molecular flexibility index (Phi) is 16.0. The van der Waals surface area contributed by atoms with Crippen molar-refractivity contribution >= 4 is 16.9 Å². The van der Waals surface area contributed by atoms with Crippen LogP contribution in [0.2, 0.25) is 0 Å². The summed E-state index contributed by atoms with van der Waals surface area (Å²) in [5, 5.41) is 16.9. The molecule has 3 aromatic rings. The molecule has 0 aliphatic rings. The molecule has 242 valence electrons. The highest BCUT2D eigenvalue weighted by Crippen LogP contribution is 2.35. The van der Waals surface area contributed by atoms with Crippen molar-refractivity contribution < 1.29 is 42.7 Å². The monoisotopic (exact) mass is 626 g/mol. The first-order valence-corrected chi connectivity index (χ1v) is 14.4. The van der Waals surface area contributed by atoms with Crippen LogP contribution in [0, 0.1) is 0 Å². The number of rotatable bonds is 23. The Morgan fingerprint density at radius 1 is 0.911 bits per heavy atom. The fraction of sp³-hybridized carbons (Fsp3) is 0.419. The first-order valence-electron chi connectivity index (χ1n) is 14.4. The Labute approximate surface area is 260 Å². The number of benzene rings is 2. The van der Waals surface area contributed by atoms with Gasteiger partial charge in [-0.2, -0.15) is 0 Å². The number of nitrogens with one attached hydrogen (secondary N) is 1. The van der Waals surface area contributed by atoms with E-state index >= 15 is 0 Å². The molecule has 0 bridgehead atoms. The molecule has 14 heteroatoms. The highest BCUT2D eigenvalue weighted by Gasteiger charge is 2.15. The van der Waals surface area contributed by atoms with Gasteiger partial charge in [-0.15, -0.1) is 0 Å². The molecule has 0 saturated heterocycles. The number of phenolic OH excluding ortho intramolecular Hbond substituents is 1. The largest absolute Gasteiger partial charge is 0.502 e. The second-order valence-electron chi connectivity index (χ2n) is 9.21. The zero-order valence-corrected chi connectivity index (χ0v) is 25.0. The van der Waals surface area contributed by atoms with E-state index in [0.29, 0.717) is 90.3 Å². The van der Waals surface area contributed by atoms with Gasteiger partial charge in [0, 0.05) is 35.2 Å². The molecule has 45 heavy (non-hydrogen) atoms. The molecule has 0 atom stereocenters. The van der Waals surface area contributed by atoms with Crippen molar-refractivity contribution in [1.29, 1.82) is 0 Å². The number of amides is 1. The smallest absolute Gasteiger partial charge is 0.251 e. The summed E-state index contributed by atoms with van der Waals surface area (Å²) in [7, 11) is 0. The molecule has 1 heterocycles. The highest BCUT2D eigenvalue weighted by molar-refractivity contribution is 5.94. The summed E-state index contributed by atoms with van der Waals surface area (Å²) in [6.45, 7) is 8.46. The SMILES string of the molecule is C=CCOc1ccc2c(=O)cc(-c3ccc(C(=O)NCCOCCOCCOCCOCCOCCN=[N+]=[N-])cc3)oc2c1O. The number of nitrogens with zero attached hydrogens (tertiary/aromatic N) is 3. The Balaban J connectivity index is 1.27. The Morgan fingerprint density at radius 2 is 1.51 bits per heavy atom. The summed E-state index contributed by atoms with van der Waals surface area (Å²) in [6, 6.07) is 10.9. The molecule has 0 unspecified atom stereocenters. The molecule has 0 fully saturated rings. The quantitative estimate of drug-likeness (QED) is 0.0515. The molecular formula is C31H38N4O10. The number of phenols is 1. The summed E-state index contributed by atoms with van der Waals surface area (Å²) in [6.07, 6.45) is 1.54. The molecule has 0 aliphatic carbocycles. The van der Waals surface area contributed by atoms with Crippen LogP contribution in [0.3, 0.4) is 0 Å². The average Bonchev–Trinajstić information content (AvgIpc) is 3.05. The van der Waals surface area contributed by atoms with Crippen LogP contribution < -0.4 is 15.5 Å². The van der Waals surface area contributed by atoms with Gasteiger partial charge in [0.1, 0.15) is 12.4 Å². The van der Waals surface area contributed by atoms with Crippen molar-refractivity contribution in [2.24, 2.45) is 5.11 Å². The Hall–Kier alpha value is -4.43. The fourth-order valence-electron chi connectivity index (χ4n) is 3.85. The number of aromatic hydroxyl groups is 1. The zero-order chi connectivity index (χ0) is 32.1. The van der Waals surface area contributed by atoms with Gasteiger partial charge in [-0.05, 0) is 29.8 Å². The number of ether oxygens (including phenoxy) is 6. The number of azide groups is 1. The van der Waals surface area contributed by atoms with Crippen molar-refractivity contribution in [3.63, 3.8) is 0 Å². The van der Waals surface area contributed by atoms with Gasteiger partial charge >= 0.3 is 0 Å². The van der Waals surface area contributed by atoms with E-state index in [0.717, 1.165) is 0 Å². The minimum Gasteiger partial charge on any atom is -0.502 e. The van der Waals surface area contributed by atoms with E-state index in [9.17, 15) is 14.7 Å². The van der Waals surface area contributed by atoms with Crippen LogP contribution in [-0.4, -0.2) is 96.8 Å². The number of carbonyl (C=O) groups is 1. The molecule has 0 radical (unpaired) electrons. The van der Waals surface area contributed by atoms with Crippen LogP contribution in [-0.2, 0) is 23.7 Å². The second kappa shape index (κ2) is 20.5. The number of fused-ring (bicyclic) bond motifs is 1. The number of hydrogen-bond acceptors (Lipinski definition) is 11. The van der Waals surface area contributed by atoms with Crippen LogP contribution in [0.5, 0.6) is 11.5 Å². The van der Waals surface area contributed by atoms with Crippen LogP contribution in [0.15, 0.2) is 69.4 Å². The van der Waals surface area contributed by atoms with Crippen molar-refractivity contribution in [1.82, 2.24) is 5.32 Å². The fourth-order valence-corrected chi connectivity index (χ4v) is 3.85. The maximum Gasteiger partial charge on any atom is 0.251 e. The first kappa shape index (κ1) is 35.1. The molecule has 2 N–H and O–H groups in total. The van der Waals surface area contributed by atoms with E-state index in [1.165, 1.54) is 24.3 Å². The number of hydrogen-bond donors (Lipinski definition) is 2. The molecule has 14 nitrogen and oxygen atoms in total. The van der Waals surface area contributed by atoms with Gasteiger partial charge in [0.15, 0.2) is 16.8 Å². The van der Waals surface area contributed by atoms with E-state index in [1.807, 2.05) is 0 Å². The van der Waals surface area contributed by atoms with Crippen molar-refractivity contribution in [2.75, 3.05) is 85.8 Å². The summed E-state index contributed by atoms with van der Waals surface area (Å²) in [5.41, 5.74) is 8.83. The van der Waals surface area contributed by atoms with E-state index in [4.69, 9.17) is 38.4 Å². The summed E-state index contributed by atoms with van der Waals surface area (Å²) >= 11 is 0. The molecule has 1 amide bonds. The predicted octanol–water partition coefficient (Wildman–Crippen LogP) is 3.85. The predicted molar refractivity (Wildman–Crippen MR) is 166 cm³/mol. The topological polar surface area (TPSA) is 184 Å². The minimum absolute atomic E-state index is 0.0147. The number of carbonyl (C=O) groups excluding carboxylic acids is 1. The van der Waals surface area contributed by atoms with Gasteiger partial charge in [-0.25, -0.2) is 0 Å². The molecule has 0 saturated carbocycles. The van der Waals surface area contributed by atoms with Crippen molar-refractivity contribution in [2.45, 2.75) is 0 Å².